The minimum absolute atomic E-state index is 0.0255. The van der Waals surface area contributed by atoms with E-state index in [1.807, 2.05) is 11.5 Å². The second-order valence-corrected chi connectivity index (χ2v) is 7.63. The molecule has 0 bridgehead atoms. The SMILES string of the molecule is CCn1c(SC2CCOC2=O)nc2cc(S(N)(=O)=O)ccc21. The highest BCUT2D eigenvalue weighted by atomic mass is 32.2. The molecule has 1 aromatic carbocycles. The van der Waals surface area contributed by atoms with Crippen LogP contribution in [0.5, 0.6) is 0 Å². The van der Waals surface area contributed by atoms with Crippen molar-refractivity contribution in [3.05, 3.63) is 18.2 Å². The third-order valence-electron chi connectivity index (χ3n) is 3.46. The number of esters is 1. The van der Waals surface area contributed by atoms with Crippen molar-refractivity contribution in [1.29, 1.82) is 0 Å². The van der Waals surface area contributed by atoms with E-state index < -0.39 is 10.0 Å². The summed E-state index contributed by atoms with van der Waals surface area (Å²) in [7, 11) is -3.77. The maximum absolute atomic E-state index is 11.6. The van der Waals surface area contributed by atoms with Crippen LogP contribution in [0, 0.1) is 0 Å². The number of rotatable bonds is 4. The molecule has 118 valence electrons. The summed E-state index contributed by atoms with van der Waals surface area (Å²) in [4.78, 5) is 16.1. The molecule has 22 heavy (non-hydrogen) atoms. The first-order valence-corrected chi connectivity index (χ1v) is 9.19. The van der Waals surface area contributed by atoms with E-state index in [-0.39, 0.29) is 16.1 Å². The van der Waals surface area contributed by atoms with E-state index in [4.69, 9.17) is 9.88 Å². The zero-order valence-electron chi connectivity index (χ0n) is 11.9. The lowest BCUT2D eigenvalue weighted by Crippen LogP contribution is -2.11. The first-order valence-electron chi connectivity index (χ1n) is 6.76. The van der Waals surface area contributed by atoms with E-state index in [1.54, 1.807) is 6.07 Å². The number of cyclic esters (lactones) is 1. The molecule has 1 aromatic heterocycles. The van der Waals surface area contributed by atoms with Crippen molar-refractivity contribution in [3.63, 3.8) is 0 Å². The van der Waals surface area contributed by atoms with Gasteiger partial charge in [-0.25, -0.2) is 18.5 Å². The zero-order chi connectivity index (χ0) is 15.9. The maximum atomic E-state index is 11.6. The molecule has 1 fully saturated rings. The number of primary sulfonamides is 1. The minimum Gasteiger partial charge on any atom is -0.465 e. The van der Waals surface area contributed by atoms with E-state index in [0.717, 1.165) is 5.52 Å². The largest absolute Gasteiger partial charge is 0.465 e. The lowest BCUT2D eigenvalue weighted by Gasteiger charge is -2.07. The molecule has 0 spiro atoms. The van der Waals surface area contributed by atoms with Crippen molar-refractivity contribution >= 4 is 38.8 Å². The van der Waals surface area contributed by atoms with Crippen LogP contribution in [-0.2, 0) is 26.1 Å². The summed E-state index contributed by atoms with van der Waals surface area (Å²) < 4.78 is 29.8. The average Bonchev–Trinajstić information content (AvgIpc) is 3.01. The molecule has 0 radical (unpaired) electrons. The van der Waals surface area contributed by atoms with Gasteiger partial charge >= 0.3 is 5.97 Å². The number of nitrogens with zero attached hydrogens (tertiary/aromatic N) is 2. The summed E-state index contributed by atoms with van der Waals surface area (Å²) in [5, 5.41) is 5.56. The molecule has 2 aromatic rings. The lowest BCUT2D eigenvalue weighted by atomic mass is 10.3. The second-order valence-electron chi connectivity index (χ2n) is 4.90. The van der Waals surface area contributed by atoms with Crippen LogP contribution in [0.4, 0.5) is 0 Å². The Morgan fingerprint density at radius 3 is 2.86 bits per heavy atom. The van der Waals surface area contributed by atoms with Crippen LogP contribution in [0.1, 0.15) is 13.3 Å². The molecule has 1 atom stereocenters. The fraction of sp³-hybridized carbons (Fsp3) is 0.385. The predicted octanol–water partition coefficient (Wildman–Crippen LogP) is 1.11. The molecule has 1 aliphatic heterocycles. The normalized spacial score (nSPS) is 18.8. The number of hydrogen-bond acceptors (Lipinski definition) is 6. The summed E-state index contributed by atoms with van der Waals surface area (Å²) in [6.07, 6.45) is 0.652. The third-order valence-corrected chi connectivity index (χ3v) is 5.61. The van der Waals surface area contributed by atoms with Gasteiger partial charge in [0.1, 0.15) is 5.25 Å². The Balaban J connectivity index is 2.04. The Bertz CT molecular complexity index is 844. The number of nitrogens with two attached hydrogens (primary N) is 1. The highest BCUT2D eigenvalue weighted by Gasteiger charge is 2.29. The van der Waals surface area contributed by atoms with Crippen molar-refractivity contribution in [2.75, 3.05) is 6.61 Å². The first-order chi connectivity index (χ1) is 10.4. The number of aromatic nitrogens is 2. The molecular weight excluding hydrogens is 326 g/mol. The standard InChI is InChI=1S/C13H15N3O4S2/c1-2-16-10-4-3-8(22(14,18)19)7-9(10)15-13(16)21-11-5-6-20-12(11)17/h3-4,7,11H,2,5-6H2,1H3,(H2,14,18,19). The van der Waals surface area contributed by atoms with Gasteiger partial charge in [-0.15, -0.1) is 0 Å². The Morgan fingerprint density at radius 1 is 1.50 bits per heavy atom. The first kappa shape index (κ1) is 15.3. The van der Waals surface area contributed by atoms with Crippen LogP contribution < -0.4 is 5.14 Å². The van der Waals surface area contributed by atoms with Gasteiger partial charge in [0.15, 0.2) is 5.16 Å². The van der Waals surface area contributed by atoms with Gasteiger partial charge in [0.2, 0.25) is 10.0 Å². The van der Waals surface area contributed by atoms with Gasteiger partial charge in [-0.2, -0.15) is 0 Å². The Labute approximate surface area is 131 Å². The Morgan fingerprint density at radius 2 is 2.27 bits per heavy atom. The highest BCUT2D eigenvalue weighted by Crippen LogP contribution is 2.32. The van der Waals surface area contributed by atoms with Gasteiger partial charge in [-0.3, -0.25) is 4.79 Å². The molecule has 1 unspecified atom stereocenters. The number of benzene rings is 1. The molecule has 0 amide bonds. The molecule has 3 rings (SSSR count). The molecular formula is C13H15N3O4S2. The fourth-order valence-electron chi connectivity index (χ4n) is 2.37. The number of ether oxygens (including phenoxy) is 1. The van der Waals surface area contributed by atoms with Crippen molar-refractivity contribution in [2.24, 2.45) is 5.14 Å². The topological polar surface area (TPSA) is 104 Å². The molecule has 1 saturated heterocycles. The zero-order valence-corrected chi connectivity index (χ0v) is 13.5. The van der Waals surface area contributed by atoms with E-state index >= 15 is 0 Å². The number of carbonyl (C=O) groups is 1. The number of aryl methyl sites for hydroxylation is 1. The van der Waals surface area contributed by atoms with Crippen LogP contribution in [-0.4, -0.2) is 35.8 Å². The predicted molar refractivity (Wildman–Crippen MR) is 82.0 cm³/mol. The van der Waals surface area contributed by atoms with E-state index in [2.05, 4.69) is 4.98 Å². The summed E-state index contributed by atoms with van der Waals surface area (Å²) in [6, 6.07) is 4.60. The lowest BCUT2D eigenvalue weighted by molar-refractivity contribution is -0.137. The number of hydrogen-bond donors (Lipinski definition) is 1. The number of sulfonamides is 1. The number of thioether (sulfide) groups is 1. The summed E-state index contributed by atoms with van der Waals surface area (Å²) in [5.41, 5.74) is 1.35. The van der Waals surface area contributed by atoms with Crippen molar-refractivity contribution in [1.82, 2.24) is 9.55 Å². The molecule has 2 heterocycles. The fourth-order valence-corrected chi connectivity index (χ4v) is 4.04. The van der Waals surface area contributed by atoms with Gasteiger partial charge in [0.05, 0.1) is 22.5 Å². The molecule has 1 aliphatic rings. The molecule has 7 nitrogen and oxygen atoms in total. The summed E-state index contributed by atoms with van der Waals surface area (Å²) in [6.45, 7) is 3.06. The van der Waals surface area contributed by atoms with Crippen LogP contribution in [0.25, 0.3) is 11.0 Å². The summed E-state index contributed by atoms with van der Waals surface area (Å²) in [5.74, 6) is -0.232. The van der Waals surface area contributed by atoms with E-state index in [1.165, 1.54) is 23.9 Å². The molecule has 0 saturated carbocycles. The van der Waals surface area contributed by atoms with Gasteiger partial charge in [-0.1, -0.05) is 11.8 Å². The van der Waals surface area contributed by atoms with Gasteiger partial charge in [0, 0.05) is 13.0 Å². The van der Waals surface area contributed by atoms with Gasteiger partial charge in [0.25, 0.3) is 0 Å². The van der Waals surface area contributed by atoms with E-state index in [0.29, 0.717) is 30.2 Å². The maximum Gasteiger partial charge on any atom is 0.319 e. The number of fused-ring (bicyclic) bond motifs is 1. The smallest absolute Gasteiger partial charge is 0.319 e. The van der Waals surface area contributed by atoms with Crippen LogP contribution in [0.2, 0.25) is 0 Å². The monoisotopic (exact) mass is 341 g/mol. The molecule has 9 heteroatoms. The quantitative estimate of drug-likeness (QED) is 0.835. The number of carbonyl (C=O) groups excluding carboxylic acids is 1. The van der Waals surface area contributed by atoms with Crippen molar-refractivity contribution in [2.45, 2.75) is 35.2 Å². The van der Waals surface area contributed by atoms with Gasteiger partial charge < -0.3 is 9.30 Å². The van der Waals surface area contributed by atoms with Crippen LogP contribution in [0.15, 0.2) is 28.3 Å². The molecule has 0 aliphatic carbocycles. The average molecular weight is 341 g/mol. The highest BCUT2D eigenvalue weighted by molar-refractivity contribution is 8.00. The Kier molecular flexibility index (Phi) is 3.87. The molecule has 2 N–H and O–H groups in total. The minimum atomic E-state index is -3.77. The van der Waals surface area contributed by atoms with Gasteiger partial charge in [-0.05, 0) is 25.1 Å². The second kappa shape index (κ2) is 5.56. The van der Waals surface area contributed by atoms with Crippen molar-refractivity contribution < 1.29 is 17.9 Å². The summed E-state index contributed by atoms with van der Waals surface area (Å²) >= 11 is 1.35. The Hall–Kier alpha value is -1.58. The van der Waals surface area contributed by atoms with Crippen LogP contribution in [0.3, 0.4) is 0 Å². The van der Waals surface area contributed by atoms with Crippen molar-refractivity contribution in [3.8, 4) is 0 Å². The van der Waals surface area contributed by atoms with Crippen LogP contribution >= 0.6 is 11.8 Å². The third kappa shape index (κ3) is 2.71. The number of imidazole rings is 1. The van der Waals surface area contributed by atoms with E-state index in [9.17, 15) is 13.2 Å².